The summed E-state index contributed by atoms with van der Waals surface area (Å²) in [6.07, 6.45) is 2.87. The second-order valence-electron chi connectivity index (χ2n) is 2.64. The molecule has 2 heteroatoms. The van der Waals surface area contributed by atoms with Gasteiger partial charge in [0.15, 0.2) is 0 Å². The van der Waals surface area contributed by atoms with E-state index in [-0.39, 0.29) is 0 Å². The Morgan fingerprint density at radius 1 is 1.56 bits per heavy atom. The van der Waals surface area contributed by atoms with Gasteiger partial charge in [-0.1, -0.05) is 0 Å². The van der Waals surface area contributed by atoms with Gasteiger partial charge in [0.1, 0.15) is 0 Å². The number of hydrogen-bond acceptors (Lipinski definition) is 1. The van der Waals surface area contributed by atoms with Crippen LogP contribution in [0.2, 0.25) is 0 Å². The van der Waals surface area contributed by atoms with E-state index < -0.39 is 0 Å². The van der Waals surface area contributed by atoms with Crippen LogP contribution >= 0.6 is 0 Å². The third-order valence-electron chi connectivity index (χ3n) is 2.05. The van der Waals surface area contributed by atoms with Gasteiger partial charge in [0.05, 0.1) is 19.6 Å². The normalized spacial score (nSPS) is 32.9. The van der Waals surface area contributed by atoms with Gasteiger partial charge in [0.25, 0.3) is 0 Å². The smallest absolute Gasteiger partial charge is 0.0846 e. The monoisotopic (exact) mass is 126 g/mol. The molecule has 1 saturated heterocycles. The van der Waals surface area contributed by atoms with E-state index >= 15 is 0 Å². The number of likely N-dealkylation sites (tertiary alicyclic amines) is 1. The van der Waals surface area contributed by atoms with Crippen molar-refractivity contribution in [1.82, 2.24) is 0 Å². The summed E-state index contributed by atoms with van der Waals surface area (Å²) in [4.78, 5) is 1.71. The van der Waals surface area contributed by atoms with Crippen LogP contribution in [0, 0.1) is 11.8 Å². The Balaban J connectivity index is 0.000000291. The molecule has 0 radical (unpaired) electrons. The average molecular weight is 126 g/mol. The van der Waals surface area contributed by atoms with Crippen LogP contribution in [0.4, 0.5) is 0 Å². The molecule has 1 aliphatic heterocycles. The minimum Gasteiger partial charge on any atom is -0.512 e. The van der Waals surface area contributed by atoms with Crippen molar-refractivity contribution >= 4 is 0 Å². The first-order valence-electron chi connectivity index (χ1n) is 3.35. The van der Waals surface area contributed by atoms with Gasteiger partial charge in [-0.2, -0.15) is 0 Å². The molecule has 1 aliphatic rings. The number of nitrogens with one attached hydrogen (secondary N) is 1. The Hall–Kier alpha value is -0.550. The highest BCUT2D eigenvalue weighted by Crippen LogP contribution is 1.95. The molecule has 0 spiro atoms. The van der Waals surface area contributed by atoms with Gasteiger partial charge in [0.2, 0.25) is 0 Å². The Kier molecular flexibility index (Phi) is 4.08. The van der Waals surface area contributed by atoms with Gasteiger partial charge in [0, 0.05) is 12.8 Å². The number of rotatable bonds is 0. The molecule has 0 bridgehead atoms. The fraction of sp³-hybridized carbons (Fsp3) is 0.857. The van der Waals surface area contributed by atoms with Crippen LogP contribution in [0.1, 0.15) is 19.8 Å². The highest BCUT2D eigenvalue weighted by molar-refractivity contribution is 4.53. The Labute approximate surface area is 57.1 Å². The van der Waals surface area contributed by atoms with Crippen molar-refractivity contribution in [2.45, 2.75) is 25.8 Å². The number of nitrogens with zero attached hydrogens (tertiary/aromatic N) is 1. The number of quaternary nitrogens is 1. The summed E-state index contributed by atoms with van der Waals surface area (Å²) in [5.41, 5.74) is 0. The summed E-state index contributed by atoms with van der Waals surface area (Å²) in [6, 6.07) is 0.931. The van der Waals surface area contributed by atoms with Crippen molar-refractivity contribution in [3.63, 3.8) is 0 Å². The first-order chi connectivity index (χ1) is 4.30. The Morgan fingerprint density at radius 2 is 2.11 bits per heavy atom. The highest BCUT2D eigenvalue weighted by Gasteiger charge is 2.18. The van der Waals surface area contributed by atoms with E-state index in [1.807, 2.05) is 0 Å². The molecule has 0 aliphatic carbocycles. The molecule has 0 aromatic heterocycles. The molecule has 1 fully saturated rings. The van der Waals surface area contributed by atoms with Crippen LogP contribution in [0.15, 0.2) is 0 Å². The van der Waals surface area contributed by atoms with Crippen molar-refractivity contribution in [2.24, 2.45) is 0 Å². The Bertz CT molecular complexity index is 80.2. The maximum absolute atomic E-state index is 6.25. The third kappa shape index (κ3) is 2.48. The zero-order valence-electron chi connectivity index (χ0n) is 6.15. The maximum Gasteiger partial charge on any atom is 0.0846 e. The van der Waals surface area contributed by atoms with Crippen LogP contribution in [0.25, 0.3) is 0 Å². The molecule has 2 unspecified atom stereocenters. The van der Waals surface area contributed by atoms with Crippen LogP contribution < -0.4 is 4.90 Å². The fourth-order valence-electron chi connectivity index (χ4n) is 1.18. The predicted octanol–water partition coefficient (Wildman–Crippen LogP) is -0.220. The van der Waals surface area contributed by atoms with Crippen molar-refractivity contribution in [1.29, 1.82) is 5.26 Å². The molecule has 0 aromatic carbocycles. The van der Waals surface area contributed by atoms with Crippen molar-refractivity contribution < 1.29 is 4.90 Å². The Morgan fingerprint density at radius 3 is 2.22 bits per heavy atom. The van der Waals surface area contributed by atoms with Gasteiger partial charge in [-0.15, -0.1) is 0 Å². The second-order valence-corrected chi connectivity index (χ2v) is 2.64. The molecule has 0 saturated carbocycles. The predicted molar refractivity (Wildman–Crippen MR) is 35.4 cm³/mol. The van der Waals surface area contributed by atoms with E-state index in [0.29, 0.717) is 0 Å². The summed E-state index contributed by atoms with van der Waals surface area (Å²) < 4.78 is 0. The molecule has 0 amide bonds. The van der Waals surface area contributed by atoms with Crippen LogP contribution in [0.5, 0.6) is 0 Å². The molecule has 2 atom stereocenters. The van der Waals surface area contributed by atoms with E-state index in [0.717, 1.165) is 6.04 Å². The molecule has 0 aromatic rings. The summed E-state index contributed by atoms with van der Waals surface area (Å²) in [5.74, 6) is 0. The molecule has 52 valence electrons. The second kappa shape index (κ2) is 4.34. The molecule has 1 heterocycles. The molecule has 1 rings (SSSR count). The van der Waals surface area contributed by atoms with E-state index in [9.17, 15) is 0 Å². The minimum absolute atomic E-state index is 0.931. The van der Waals surface area contributed by atoms with Crippen molar-refractivity contribution in [3.05, 3.63) is 6.57 Å². The average Bonchev–Trinajstić information content (AvgIpc) is 2.23. The lowest BCUT2D eigenvalue weighted by atomic mass is 10.3. The SMILES string of the molecule is CC1CCC[NH+]1C.[C-]#N. The summed E-state index contributed by atoms with van der Waals surface area (Å²) in [5, 5.41) is 6.25. The van der Waals surface area contributed by atoms with Crippen molar-refractivity contribution in [2.75, 3.05) is 13.6 Å². The van der Waals surface area contributed by atoms with Gasteiger partial charge < -0.3 is 16.7 Å². The topological polar surface area (TPSA) is 28.2 Å². The lowest BCUT2D eigenvalue weighted by Crippen LogP contribution is -3.10. The van der Waals surface area contributed by atoms with Crippen LogP contribution in [0.3, 0.4) is 0 Å². The molecular weight excluding hydrogens is 112 g/mol. The number of hydrogen-bond donors (Lipinski definition) is 1. The van der Waals surface area contributed by atoms with E-state index in [2.05, 4.69) is 14.0 Å². The molecule has 9 heavy (non-hydrogen) atoms. The molecule has 2 nitrogen and oxygen atoms in total. The summed E-state index contributed by atoms with van der Waals surface area (Å²) in [6.45, 7) is 8.46. The summed E-state index contributed by atoms with van der Waals surface area (Å²) >= 11 is 0. The largest absolute Gasteiger partial charge is 0.512 e. The summed E-state index contributed by atoms with van der Waals surface area (Å²) in [7, 11) is 2.28. The van der Waals surface area contributed by atoms with E-state index in [1.165, 1.54) is 19.4 Å². The highest BCUT2D eigenvalue weighted by atomic mass is 15.1. The first kappa shape index (κ1) is 8.45. The molecule has 1 N–H and O–H groups in total. The van der Waals surface area contributed by atoms with Gasteiger partial charge in [-0.25, -0.2) is 0 Å². The standard InChI is InChI=1S/C6H13N.CN/c1-6-4-3-5-7(6)2;1-2/h6H,3-5H2,1-2H3;/q;-1/p+1. The minimum atomic E-state index is 0.931. The van der Waals surface area contributed by atoms with E-state index in [1.54, 1.807) is 4.90 Å². The van der Waals surface area contributed by atoms with Gasteiger partial charge in [-0.3, -0.25) is 0 Å². The van der Waals surface area contributed by atoms with E-state index in [4.69, 9.17) is 11.8 Å². The van der Waals surface area contributed by atoms with Crippen LogP contribution in [-0.4, -0.2) is 19.6 Å². The quantitative estimate of drug-likeness (QED) is 0.447. The fourth-order valence-corrected chi connectivity index (χ4v) is 1.18. The lowest BCUT2D eigenvalue weighted by molar-refractivity contribution is -0.889. The molecular formula is C7H14N2. The third-order valence-corrected chi connectivity index (χ3v) is 2.05. The van der Waals surface area contributed by atoms with Crippen LogP contribution in [-0.2, 0) is 0 Å². The van der Waals surface area contributed by atoms with Crippen molar-refractivity contribution in [3.8, 4) is 0 Å². The van der Waals surface area contributed by atoms with Gasteiger partial charge >= 0.3 is 0 Å². The zero-order chi connectivity index (χ0) is 7.28. The van der Waals surface area contributed by atoms with Gasteiger partial charge in [-0.05, 0) is 6.92 Å². The maximum atomic E-state index is 6.25. The first-order valence-corrected chi connectivity index (χ1v) is 3.35. The zero-order valence-corrected chi connectivity index (χ0v) is 6.15. The lowest BCUT2D eigenvalue weighted by Gasteiger charge is -2.09.